The number of rotatable bonds is 10. The van der Waals surface area contributed by atoms with Crippen molar-refractivity contribution >= 4 is 0 Å². The third-order valence-electron chi connectivity index (χ3n) is 2.97. The fraction of sp³-hybridized carbons (Fsp3) is 0.625. The van der Waals surface area contributed by atoms with Crippen molar-refractivity contribution in [2.24, 2.45) is 5.92 Å². The van der Waals surface area contributed by atoms with Crippen LogP contribution in [0.25, 0.3) is 0 Å². The molecule has 0 amide bonds. The predicted octanol–water partition coefficient (Wildman–Crippen LogP) is 3.11. The predicted molar refractivity (Wildman–Crippen MR) is 79.4 cm³/mol. The smallest absolute Gasteiger partial charge is 0.165 e. The molecule has 0 fully saturated rings. The van der Waals surface area contributed by atoms with Gasteiger partial charge in [0, 0.05) is 18.7 Å². The van der Waals surface area contributed by atoms with Crippen molar-refractivity contribution < 1.29 is 14.2 Å². The van der Waals surface area contributed by atoms with E-state index in [0.29, 0.717) is 24.8 Å². The molecule has 1 rings (SSSR count). The average Bonchev–Trinajstić information content (AvgIpc) is 2.40. The third-order valence-corrected chi connectivity index (χ3v) is 2.97. The highest BCUT2D eigenvalue weighted by atomic mass is 19.1. The molecule has 0 aromatic heterocycles. The van der Waals surface area contributed by atoms with Crippen LogP contribution in [-0.4, -0.2) is 24.9 Å². The van der Waals surface area contributed by atoms with Crippen LogP contribution in [0.4, 0.5) is 4.39 Å². The summed E-state index contributed by atoms with van der Waals surface area (Å²) in [6.07, 6.45) is 2.49. The van der Waals surface area contributed by atoms with Gasteiger partial charge in [0.2, 0.25) is 0 Å². The van der Waals surface area contributed by atoms with Gasteiger partial charge in [-0.1, -0.05) is 26.0 Å². The molecule has 0 heterocycles. The summed E-state index contributed by atoms with van der Waals surface area (Å²) in [5.74, 6) is 0.607. The standard InChI is InChI=1S/C16H26FNO2/c1-13(2)11-18-12-14-7-6-8-15(17)16(14)20-10-5-3-4-9-19/h6-8,13,18-19H,3-5,9-12H2,1-2H3. The maximum atomic E-state index is 13.8. The number of unbranched alkanes of at least 4 members (excludes halogenated alkanes) is 2. The topological polar surface area (TPSA) is 41.5 Å². The minimum atomic E-state index is -0.309. The third kappa shape index (κ3) is 6.35. The Morgan fingerprint density at radius 1 is 1.25 bits per heavy atom. The summed E-state index contributed by atoms with van der Waals surface area (Å²) < 4.78 is 19.4. The van der Waals surface area contributed by atoms with Crippen LogP contribution in [0.5, 0.6) is 5.75 Å². The number of nitrogens with one attached hydrogen (secondary N) is 1. The van der Waals surface area contributed by atoms with Crippen molar-refractivity contribution in [1.82, 2.24) is 5.32 Å². The van der Waals surface area contributed by atoms with Crippen LogP contribution < -0.4 is 10.1 Å². The molecule has 0 aliphatic carbocycles. The van der Waals surface area contributed by atoms with Crippen molar-refractivity contribution in [2.45, 2.75) is 39.7 Å². The van der Waals surface area contributed by atoms with Gasteiger partial charge in [0.1, 0.15) is 0 Å². The van der Waals surface area contributed by atoms with Crippen LogP contribution in [0.3, 0.4) is 0 Å². The van der Waals surface area contributed by atoms with Crippen LogP contribution in [0, 0.1) is 11.7 Å². The van der Waals surface area contributed by atoms with E-state index in [4.69, 9.17) is 9.84 Å². The first-order chi connectivity index (χ1) is 9.65. The monoisotopic (exact) mass is 283 g/mol. The summed E-state index contributed by atoms with van der Waals surface area (Å²) in [5.41, 5.74) is 0.854. The highest BCUT2D eigenvalue weighted by Crippen LogP contribution is 2.23. The van der Waals surface area contributed by atoms with Gasteiger partial charge in [0.25, 0.3) is 0 Å². The highest BCUT2D eigenvalue weighted by molar-refractivity contribution is 5.34. The Kier molecular flexibility index (Phi) is 8.23. The van der Waals surface area contributed by atoms with Gasteiger partial charge in [-0.2, -0.15) is 0 Å². The van der Waals surface area contributed by atoms with Gasteiger partial charge in [-0.05, 0) is 37.8 Å². The van der Waals surface area contributed by atoms with Crippen molar-refractivity contribution in [1.29, 1.82) is 0 Å². The Balaban J connectivity index is 2.49. The number of ether oxygens (including phenoxy) is 1. The molecule has 0 saturated carbocycles. The molecule has 4 heteroatoms. The van der Waals surface area contributed by atoms with Crippen molar-refractivity contribution in [2.75, 3.05) is 19.8 Å². The van der Waals surface area contributed by atoms with Crippen LogP contribution >= 0.6 is 0 Å². The van der Waals surface area contributed by atoms with Gasteiger partial charge in [-0.25, -0.2) is 4.39 Å². The highest BCUT2D eigenvalue weighted by Gasteiger charge is 2.09. The fourth-order valence-electron chi connectivity index (χ4n) is 1.91. The minimum Gasteiger partial charge on any atom is -0.490 e. The molecule has 114 valence electrons. The lowest BCUT2D eigenvalue weighted by Gasteiger charge is -2.14. The molecule has 20 heavy (non-hydrogen) atoms. The second-order valence-corrected chi connectivity index (χ2v) is 5.39. The zero-order valence-corrected chi connectivity index (χ0v) is 12.5. The largest absolute Gasteiger partial charge is 0.490 e. The van der Waals surface area contributed by atoms with E-state index in [2.05, 4.69) is 19.2 Å². The minimum absolute atomic E-state index is 0.198. The Bertz CT molecular complexity index is 383. The molecule has 0 aliphatic rings. The molecule has 1 aromatic rings. The number of halogens is 1. The van der Waals surface area contributed by atoms with Crippen molar-refractivity contribution in [3.8, 4) is 5.75 Å². The number of benzene rings is 1. The van der Waals surface area contributed by atoms with Gasteiger partial charge in [-0.3, -0.25) is 0 Å². The first-order valence-corrected chi connectivity index (χ1v) is 7.37. The van der Waals surface area contributed by atoms with Crippen LogP contribution in [0.1, 0.15) is 38.7 Å². The fourth-order valence-corrected chi connectivity index (χ4v) is 1.91. The maximum Gasteiger partial charge on any atom is 0.165 e. The Morgan fingerprint density at radius 2 is 2.05 bits per heavy atom. The Labute approximate surface area is 121 Å². The molecule has 0 radical (unpaired) electrons. The van der Waals surface area contributed by atoms with Crippen LogP contribution in [0.15, 0.2) is 18.2 Å². The van der Waals surface area contributed by atoms with E-state index in [9.17, 15) is 4.39 Å². The molecule has 0 saturated heterocycles. The van der Waals surface area contributed by atoms with Crippen molar-refractivity contribution in [3.63, 3.8) is 0 Å². The zero-order valence-electron chi connectivity index (χ0n) is 12.5. The molecule has 2 N–H and O–H groups in total. The normalized spacial score (nSPS) is 11.1. The summed E-state index contributed by atoms with van der Waals surface area (Å²) >= 11 is 0. The summed E-state index contributed by atoms with van der Waals surface area (Å²) in [5, 5.41) is 12.0. The molecule has 0 bridgehead atoms. The van der Waals surface area contributed by atoms with Gasteiger partial charge in [-0.15, -0.1) is 0 Å². The molecule has 0 unspecified atom stereocenters. The maximum absolute atomic E-state index is 13.8. The lowest BCUT2D eigenvalue weighted by molar-refractivity contribution is 0.260. The molecular formula is C16H26FNO2. The summed E-state index contributed by atoms with van der Waals surface area (Å²) in [7, 11) is 0. The van der Waals surface area contributed by atoms with Crippen LogP contribution in [-0.2, 0) is 6.54 Å². The van der Waals surface area contributed by atoms with E-state index < -0.39 is 0 Å². The number of hydrogen-bond acceptors (Lipinski definition) is 3. The zero-order chi connectivity index (χ0) is 14.8. The van der Waals surface area contributed by atoms with Gasteiger partial charge in [0.15, 0.2) is 11.6 Å². The number of aliphatic hydroxyl groups is 1. The molecule has 0 aliphatic heterocycles. The van der Waals surface area contributed by atoms with E-state index in [0.717, 1.165) is 31.4 Å². The summed E-state index contributed by atoms with van der Waals surface area (Å²) in [6.45, 7) is 6.46. The average molecular weight is 283 g/mol. The first-order valence-electron chi connectivity index (χ1n) is 7.37. The summed E-state index contributed by atoms with van der Waals surface area (Å²) in [4.78, 5) is 0. The molecule has 0 atom stereocenters. The van der Waals surface area contributed by atoms with Gasteiger partial charge in [0.05, 0.1) is 6.61 Å². The lowest BCUT2D eigenvalue weighted by Crippen LogP contribution is -2.19. The number of para-hydroxylation sites is 1. The molecular weight excluding hydrogens is 257 g/mol. The summed E-state index contributed by atoms with van der Waals surface area (Å²) in [6, 6.07) is 5.02. The first kappa shape index (κ1) is 16.9. The molecule has 0 spiro atoms. The van der Waals surface area contributed by atoms with E-state index in [-0.39, 0.29) is 12.4 Å². The second-order valence-electron chi connectivity index (χ2n) is 5.39. The van der Waals surface area contributed by atoms with E-state index in [1.54, 1.807) is 6.07 Å². The lowest BCUT2D eigenvalue weighted by atomic mass is 10.1. The van der Waals surface area contributed by atoms with E-state index in [1.807, 2.05) is 6.07 Å². The van der Waals surface area contributed by atoms with Gasteiger partial charge < -0.3 is 15.2 Å². The number of hydrogen-bond donors (Lipinski definition) is 2. The molecule has 3 nitrogen and oxygen atoms in total. The van der Waals surface area contributed by atoms with Crippen LogP contribution in [0.2, 0.25) is 0 Å². The van der Waals surface area contributed by atoms with E-state index in [1.165, 1.54) is 6.07 Å². The van der Waals surface area contributed by atoms with E-state index >= 15 is 0 Å². The SMILES string of the molecule is CC(C)CNCc1cccc(F)c1OCCCCCO. The second kappa shape index (κ2) is 9.72. The quantitative estimate of drug-likeness (QED) is 0.648. The Morgan fingerprint density at radius 3 is 2.75 bits per heavy atom. The number of aliphatic hydroxyl groups excluding tert-OH is 1. The Hall–Kier alpha value is -1.13. The molecule has 1 aromatic carbocycles. The van der Waals surface area contributed by atoms with Crippen molar-refractivity contribution in [3.05, 3.63) is 29.6 Å². The van der Waals surface area contributed by atoms with Gasteiger partial charge >= 0.3 is 0 Å².